The van der Waals surface area contributed by atoms with E-state index in [1.807, 2.05) is 29.3 Å². The molecule has 1 aliphatic rings. The van der Waals surface area contributed by atoms with E-state index in [1.54, 1.807) is 6.20 Å². The van der Waals surface area contributed by atoms with Gasteiger partial charge in [0.05, 0.1) is 6.54 Å². The van der Waals surface area contributed by atoms with Crippen LogP contribution in [0.25, 0.3) is 0 Å². The van der Waals surface area contributed by atoms with Crippen LogP contribution >= 0.6 is 0 Å². The Bertz CT molecular complexity index is 441. The molecule has 0 radical (unpaired) electrons. The Morgan fingerprint density at radius 3 is 3.00 bits per heavy atom. The molecular weight excluding hydrogens is 202 g/mol. The Kier molecular flexibility index (Phi) is 2.36. The fraction of sp³-hybridized carbons (Fsp3) is 0.455. The summed E-state index contributed by atoms with van der Waals surface area (Å²) >= 11 is 0. The molecule has 1 fully saturated rings. The van der Waals surface area contributed by atoms with Crippen LogP contribution in [0.1, 0.15) is 18.9 Å². The molecule has 0 spiro atoms. The molecule has 16 heavy (non-hydrogen) atoms. The van der Waals surface area contributed by atoms with E-state index in [4.69, 9.17) is 0 Å². The van der Waals surface area contributed by atoms with Crippen molar-refractivity contribution >= 4 is 5.95 Å². The average molecular weight is 217 g/mol. The molecular formula is C11H15N5. The minimum Gasteiger partial charge on any atom is -0.354 e. The monoisotopic (exact) mass is 217 g/mol. The minimum atomic E-state index is 0.676. The molecule has 3 rings (SSSR count). The SMILES string of the molecule is c1cnn(CCNc2nccn2C2CC2)c1. The second-order valence-electron chi connectivity index (χ2n) is 4.09. The van der Waals surface area contributed by atoms with Gasteiger partial charge in [-0.3, -0.25) is 4.68 Å². The maximum Gasteiger partial charge on any atom is 0.203 e. The first-order valence-electron chi connectivity index (χ1n) is 5.67. The molecule has 1 N–H and O–H groups in total. The van der Waals surface area contributed by atoms with Gasteiger partial charge in [0.15, 0.2) is 0 Å². The van der Waals surface area contributed by atoms with Gasteiger partial charge >= 0.3 is 0 Å². The third kappa shape index (κ3) is 1.93. The second-order valence-corrected chi connectivity index (χ2v) is 4.09. The molecule has 2 heterocycles. The molecule has 84 valence electrons. The van der Waals surface area contributed by atoms with E-state index in [0.717, 1.165) is 19.0 Å². The van der Waals surface area contributed by atoms with Gasteiger partial charge in [0.2, 0.25) is 5.95 Å². The average Bonchev–Trinajstić information content (AvgIpc) is 2.82. The number of anilines is 1. The highest BCUT2D eigenvalue weighted by molar-refractivity contribution is 5.27. The van der Waals surface area contributed by atoms with E-state index in [2.05, 4.69) is 20.0 Å². The van der Waals surface area contributed by atoms with Gasteiger partial charge in [-0.05, 0) is 18.9 Å². The van der Waals surface area contributed by atoms with Crippen LogP contribution in [0.5, 0.6) is 0 Å². The van der Waals surface area contributed by atoms with Crippen molar-refractivity contribution in [3.63, 3.8) is 0 Å². The summed E-state index contributed by atoms with van der Waals surface area (Å²) in [5.74, 6) is 0.981. The van der Waals surface area contributed by atoms with Crippen molar-refractivity contribution in [2.24, 2.45) is 0 Å². The predicted octanol–water partition coefficient (Wildman–Crippen LogP) is 1.53. The molecule has 0 unspecified atom stereocenters. The second kappa shape index (κ2) is 4.00. The maximum absolute atomic E-state index is 4.32. The first kappa shape index (κ1) is 9.45. The standard InChI is InChI=1S/C11H15N5/c1-4-14-15(7-1)8-5-12-11-13-6-9-16(11)10-2-3-10/h1,4,6-7,9-10H,2-3,5,8H2,(H,12,13). The third-order valence-electron chi connectivity index (χ3n) is 2.79. The first-order valence-corrected chi connectivity index (χ1v) is 5.67. The first-order chi connectivity index (χ1) is 7.93. The zero-order valence-electron chi connectivity index (χ0n) is 9.08. The molecule has 5 nitrogen and oxygen atoms in total. The number of nitrogens with zero attached hydrogens (tertiary/aromatic N) is 4. The zero-order chi connectivity index (χ0) is 10.8. The summed E-state index contributed by atoms with van der Waals surface area (Å²) < 4.78 is 4.14. The van der Waals surface area contributed by atoms with E-state index in [0.29, 0.717) is 6.04 Å². The van der Waals surface area contributed by atoms with Crippen LogP contribution in [0.2, 0.25) is 0 Å². The molecule has 1 saturated carbocycles. The van der Waals surface area contributed by atoms with E-state index >= 15 is 0 Å². The number of rotatable bonds is 5. The zero-order valence-corrected chi connectivity index (χ0v) is 9.08. The molecule has 1 aliphatic carbocycles. The van der Waals surface area contributed by atoms with Crippen LogP contribution in [-0.2, 0) is 6.54 Å². The van der Waals surface area contributed by atoms with Crippen molar-refractivity contribution in [2.45, 2.75) is 25.4 Å². The largest absolute Gasteiger partial charge is 0.354 e. The summed E-state index contributed by atoms with van der Waals surface area (Å²) in [7, 11) is 0. The van der Waals surface area contributed by atoms with E-state index in [1.165, 1.54) is 12.8 Å². The van der Waals surface area contributed by atoms with Gasteiger partial charge in [0, 0.05) is 37.4 Å². The molecule has 5 heteroatoms. The molecule has 2 aromatic rings. The molecule has 0 bridgehead atoms. The smallest absolute Gasteiger partial charge is 0.203 e. The predicted molar refractivity (Wildman–Crippen MR) is 61.2 cm³/mol. The van der Waals surface area contributed by atoms with Gasteiger partial charge in [0.25, 0.3) is 0 Å². The maximum atomic E-state index is 4.32. The summed E-state index contributed by atoms with van der Waals surface area (Å²) in [6, 6.07) is 2.61. The van der Waals surface area contributed by atoms with Crippen molar-refractivity contribution in [1.82, 2.24) is 19.3 Å². The number of hydrogen-bond donors (Lipinski definition) is 1. The van der Waals surface area contributed by atoms with Crippen LogP contribution in [0.15, 0.2) is 30.9 Å². The van der Waals surface area contributed by atoms with Crippen molar-refractivity contribution in [3.05, 3.63) is 30.9 Å². The summed E-state index contributed by atoms with van der Waals surface area (Å²) in [5, 5.41) is 7.50. The topological polar surface area (TPSA) is 47.7 Å². The highest BCUT2D eigenvalue weighted by atomic mass is 15.3. The van der Waals surface area contributed by atoms with E-state index in [9.17, 15) is 0 Å². The van der Waals surface area contributed by atoms with Gasteiger partial charge in [-0.1, -0.05) is 0 Å². The summed E-state index contributed by atoms with van der Waals surface area (Å²) in [5.41, 5.74) is 0. The van der Waals surface area contributed by atoms with Crippen LogP contribution in [0.3, 0.4) is 0 Å². The van der Waals surface area contributed by atoms with Crippen LogP contribution in [0.4, 0.5) is 5.95 Å². The van der Waals surface area contributed by atoms with Gasteiger partial charge < -0.3 is 9.88 Å². The van der Waals surface area contributed by atoms with Crippen molar-refractivity contribution in [3.8, 4) is 0 Å². The van der Waals surface area contributed by atoms with Gasteiger partial charge in [-0.15, -0.1) is 0 Å². The van der Waals surface area contributed by atoms with Crippen molar-refractivity contribution in [1.29, 1.82) is 0 Å². The Morgan fingerprint density at radius 2 is 2.25 bits per heavy atom. The van der Waals surface area contributed by atoms with Crippen LogP contribution < -0.4 is 5.32 Å². The Balaban J connectivity index is 1.56. The number of imidazole rings is 1. The Hall–Kier alpha value is -1.78. The highest BCUT2D eigenvalue weighted by Crippen LogP contribution is 2.36. The lowest BCUT2D eigenvalue weighted by Crippen LogP contribution is -2.13. The fourth-order valence-corrected chi connectivity index (χ4v) is 1.81. The highest BCUT2D eigenvalue weighted by Gasteiger charge is 2.25. The lowest BCUT2D eigenvalue weighted by molar-refractivity contribution is 0.631. The van der Waals surface area contributed by atoms with Gasteiger partial charge in [0.1, 0.15) is 0 Å². The lowest BCUT2D eigenvalue weighted by atomic mass is 10.6. The lowest BCUT2D eigenvalue weighted by Gasteiger charge is -2.08. The van der Waals surface area contributed by atoms with Gasteiger partial charge in [-0.2, -0.15) is 5.10 Å². The van der Waals surface area contributed by atoms with Crippen molar-refractivity contribution < 1.29 is 0 Å². The molecule has 0 atom stereocenters. The summed E-state index contributed by atoms with van der Waals surface area (Å²) in [4.78, 5) is 4.32. The summed E-state index contributed by atoms with van der Waals surface area (Å²) in [6.45, 7) is 1.72. The summed E-state index contributed by atoms with van der Waals surface area (Å²) in [6.07, 6.45) is 10.2. The molecule has 2 aromatic heterocycles. The number of nitrogens with one attached hydrogen (secondary N) is 1. The normalized spacial score (nSPS) is 15.2. The third-order valence-corrected chi connectivity index (χ3v) is 2.79. The number of aromatic nitrogens is 4. The molecule has 0 aliphatic heterocycles. The van der Waals surface area contributed by atoms with Gasteiger partial charge in [-0.25, -0.2) is 4.98 Å². The van der Waals surface area contributed by atoms with Crippen LogP contribution in [-0.4, -0.2) is 25.9 Å². The molecule has 0 amide bonds. The van der Waals surface area contributed by atoms with E-state index in [-0.39, 0.29) is 0 Å². The van der Waals surface area contributed by atoms with Crippen LogP contribution in [0, 0.1) is 0 Å². The Labute approximate surface area is 94.1 Å². The number of hydrogen-bond acceptors (Lipinski definition) is 3. The molecule has 0 aromatic carbocycles. The fourth-order valence-electron chi connectivity index (χ4n) is 1.81. The van der Waals surface area contributed by atoms with E-state index < -0.39 is 0 Å². The van der Waals surface area contributed by atoms with Crippen molar-refractivity contribution in [2.75, 3.05) is 11.9 Å². The quantitative estimate of drug-likeness (QED) is 0.826. The molecule has 0 saturated heterocycles. The minimum absolute atomic E-state index is 0.676. The Morgan fingerprint density at radius 1 is 1.31 bits per heavy atom.